The van der Waals surface area contributed by atoms with Crippen LogP contribution in [0.3, 0.4) is 0 Å². The first-order chi connectivity index (χ1) is 16.2. The van der Waals surface area contributed by atoms with Crippen molar-refractivity contribution in [3.8, 4) is 0 Å². The van der Waals surface area contributed by atoms with Crippen LogP contribution in [0.2, 0.25) is 15.1 Å². The van der Waals surface area contributed by atoms with Crippen LogP contribution in [0.1, 0.15) is 39.9 Å². The van der Waals surface area contributed by atoms with E-state index in [0.717, 1.165) is 12.1 Å². The molecule has 0 spiro atoms. The van der Waals surface area contributed by atoms with E-state index in [4.69, 9.17) is 34.8 Å². The molecule has 2 nitrogen and oxygen atoms in total. The second-order valence-electron chi connectivity index (χ2n) is 7.33. The molecule has 2 atom stereocenters. The van der Waals surface area contributed by atoms with Crippen molar-refractivity contribution in [2.75, 3.05) is 0 Å². The highest BCUT2D eigenvalue weighted by molar-refractivity contribution is 6.48. The first-order valence-corrected chi connectivity index (χ1v) is 10.5. The fourth-order valence-electron chi connectivity index (χ4n) is 2.86. The average molecular weight is 591 g/mol. The van der Waals surface area contributed by atoms with E-state index >= 15 is 0 Å². The van der Waals surface area contributed by atoms with Crippen LogP contribution >= 0.6 is 34.8 Å². The Bertz CT molecular complexity index is 1150. The zero-order chi connectivity index (χ0) is 27.8. The molecule has 0 aliphatic heterocycles. The van der Waals surface area contributed by atoms with Crippen molar-refractivity contribution in [2.24, 2.45) is 0 Å². The van der Waals surface area contributed by atoms with Gasteiger partial charge in [0, 0.05) is 5.56 Å². The molecule has 198 valence electrons. The topological polar surface area (TPSA) is 29.1 Å². The summed E-state index contributed by atoms with van der Waals surface area (Å²) in [5.74, 6) is -6.28. The molecule has 1 N–H and O–H groups in total. The lowest BCUT2D eigenvalue weighted by Gasteiger charge is -2.20. The zero-order valence-electron chi connectivity index (χ0n) is 17.4. The van der Waals surface area contributed by atoms with Crippen LogP contribution in [0, 0.1) is 0 Å². The molecule has 0 heterocycles. The summed E-state index contributed by atoms with van der Waals surface area (Å²) in [6, 6.07) is -0.157. The fourth-order valence-corrected chi connectivity index (χ4v) is 3.47. The maximum Gasteiger partial charge on any atom is 0.417 e. The highest BCUT2D eigenvalue weighted by atomic mass is 35.5. The molecule has 0 saturated carbocycles. The quantitative estimate of drug-likeness (QED) is 0.273. The number of rotatable bonds is 5. The molecule has 0 aromatic heterocycles. The number of amides is 1. The number of hydrogen-bond acceptors (Lipinski definition) is 1. The third-order valence-corrected chi connectivity index (χ3v) is 5.91. The third-order valence-electron chi connectivity index (χ3n) is 4.71. The summed E-state index contributed by atoms with van der Waals surface area (Å²) in [4.78, 5) is 12.0. The smallest absolute Gasteiger partial charge is 0.341 e. The second-order valence-corrected chi connectivity index (χ2v) is 8.52. The fraction of sp³-hybridized carbons (Fsp3) is 0.286. The summed E-state index contributed by atoms with van der Waals surface area (Å²) >= 11 is 17.1. The Morgan fingerprint density at radius 1 is 0.889 bits per heavy atom. The summed E-state index contributed by atoms with van der Waals surface area (Å²) in [5.41, 5.74) is -4.86. The minimum Gasteiger partial charge on any atom is -0.341 e. The Balaban J connectivity index is 2.57. The average Bonchev–Trinajstić information content (AvgIpc) is 2.72. The molecule has 0 saturated heterocycles. The van der Waals surface area contributed by atoms with Crippen molar-refractivity contribution in [2.45, 2.75) is 37.4 Å². The number of hydrogen-bond donors (Lipinski definition) is 1. The Labute approximate surface area is 211 Å². The van der Waals surface area contributed by atoms with Crippen molar-refractivity contribution < 1.29 is 48.7 Å². The minimum atomic E-state index is -5.37. The maximum absolute atomic E-state index is 14.8. The van der Waals surface area contributed by atoms with Crippen molar-refractivity contribution in [1.82, 2.24) is 5.32 Å². The van der Waals surface area contributed by atoms with Gasteiger partial charge in [0.25, 0.3) is 5.91 Å². The van der Waals surface area contributed by atoms with E-state index in [0.29, 0.717) is 19.1 Å². The summed E-state index contributed by atoms with van der Waals surface area (Å²) < 4.78 is 134. The summed E-state index contributed by atoms with van der Waals surface area (Å²) in [7, 11) is 0. The number of carbonyl (C=O) groups excluding carboxylic acids is 1. The van der Waals surface area contributed by atoms with Gasteiger partial charge in [-0.1, -0.05) is 40.9 Å². The lowest BCUT2D eigenvalue weighted by atomic mass is 9.95. The van der Waals surface area contributed by atoms with E-state index in [9.17, 15) is 48.7 Å². The summed E-state index contributed by atoms with van der Waals surface area (Å²) in [5, 5.41) is 0.251. The van der Waals surface area contributed by atoms with E-state index in [1.807, 2.05) is 0 Å². The molecule has 2 rings (SSSR count). The van der Waals surface area contributed by atoms with E-state index in [1.165, 1.54) is 5.32 Å². The molecule has 0 aliphatic carbocycles. The highest BCUT2D eigenvalue weighted by Crippen LogP contribution is 2.43. The SMILES string of the molecule is CC(NC(=O)c1ccc(/C(F)=C/C(c2cc(Cl)c(Cl)c(Cl)c2)C(F)(F)F)cc1C(F)(F)F)C(F)(F)F. The van der Waals surface area contributed by atoms with Gasteiger partial charge in [-0.05, 0) is 42.8 Å². The molecular weight excluding hydrogens is 579 g/mol. The van der Waals surface area contributed by atoms with Crippen molar-refractivity contribution in [1.29, 1.82) is 0 Å². The van der Waals surface area contributed by atoms with Gasteiger partial charge < -0.3 is 5.32 Å². The highest BCUT2D eigenvalue weighted by Gasteiger charge is 2.42. The molecule has 0 aliphatic rings. The van der Waals surface area contributed by atoms with Crippen LogP contribution < -0.4 is 5.32 Å². The normalized spacial score (nSPS) is 15.0. The van der Waals surface area contributed by atoms with Gasteiger partial charge in [0.1, 0.15) is 17.8 Å². The van der Waals surface area contributed by atoms with E-state index in [2.05, 4.69) is 0 Å². The van der Waals surface area contributed by atoms with E-state index in [-0.39, 0.29) is 17.2 Å². The number of benzene rings is 2. The molecule has 2 aromatic carbocycles. The first-order valence-electron chi connectivity index (χ1n) is 9.41. The van der Waals surface area contributed by atoms with Crippen molar-refractivity contribution >= 4 is 46.5 Å². The minimum absolute atomic E-state index is 0.00819. The van der Waals surface area contributed by atoms with Crippen LogP contribution in [0.4, 0.5) is 43.9 Å². The van der Waals surface area contributed by atoms with Crippen LogP contribution in [0.15, 0.2) is 36.4 Å². The number of nitrogens with one attached hydrogen (secondary N) is 1. The van der Waals surface area contributed by atoms with Gasteiger partial charge in [0.15, 0.2) is 0 Å². The van der Waals surface area contributed by atoms with Crippen LogP contribution in [-0.4, -0.2) is 24.3 Å². The number of allylic oxidation sites excluding steroid dienone is 1. The molecule has 2 unspecified atom stereocenters. The number of alkyl halides is 9. The van der Waals surface area contributed by atoms with Crippen LogP contribution in [0.5, 0.6) is 0 Å². The predicted octanol–water partition coefficient (Wildman–Crippen LogP) is 9.00. The molecule has 0 bridgehead atoms. The Hall–Kier alpha value is -2.18. The summed E-state index contributed by atoms with van der Waals surface area (Å²) in [6.07, 6.45) is -15.5. The number of carbonyl (C=O) groups is 1. The van der Waals surface area contributed by atoms with E-state index < -0.39 is 74.5 Å². The van der Waals surface area contributed by atoms with Gasteiger partial charge in [-0.25, -0.2) is 4.39 Å². The maximum atomic E-state index is 14.8. The molecule has 36 heavy (non-hydrogen) atoms. The van der Waals surface area contributed by atoms with Gasteiger partial charge in [-0.3, -0.25) is 4.79 Å². The van der Waals surface area contributed by atoms with Gasteiger partial charge in [-0.2, -0.15) is 39.5 Å². The molecular formula is C21H12Cl3F10NO. The molecule has 1 amide bonds. The second kappa shape index (κ2) is 10.7. The Morgan fingerprint density at radius 3 is 1.86 bits per heavy atom. The van der Waals surface area contributed by atoms with Crippen molar-refractivity contribution in [3.63, 3.8) is 0 Å². The summed E-state index contributed by atoms with van der Waals surface area (Å²) in [6.45, 7) is 0.481. The van der Waals surface area contributed by atoms with Gasteiger partial charge in [-0.15, -0.1) is 0 Å². The first kappa shape index (κ1) is 30.0. The van der Waals surface area contributed by atoms with Gasteiger partial charge >= 0.3 is 18.5 Å². The predicted molar refractivity (Wildman–Crippen MR) is 114 cm³/mol. The molecule has 2 aromatic rings. The van der Waals surface area contributed by atoms with Gasteiger partial charge in [0.05, 0.1) is 26.2 Å². The van der Waals surface area contributed by atoms with Crippen LogP contribution in [-0.2, 0) is 6.18 Å². The molecule has 15 heteroatoms. The Morgan fingerprint density at radius 2 is 1.42 bits per heavy atom. The Kier molecular flexibility index (Phi) is 8.90. The standard InChI is InChI=1S/C21H12Cl3F10NO/c1-8(19(26,27)28)35-18(36)11-3-2-9(4-13(11)21(32,33)34)16(25)7-12(20(29,30)31)10-5-14(22)17(24)15(23)6-10/h2-8,12H,1H3,(H,35,36)/b16-7-. The van der Waals surface area contributed by atoms with Crippen LogP contribution in [0.25, 0.3) is 5.83 Å². The van der Waals surface area contributed by atoms with E-state index in [1.54, 1.807) is 0 Å². The van der Waals surface area contributed by atoms with Gasteiger partial charge in [0.2, 0.25) is 0 Å². The lowest BCUT2D eigenvalue weighted by Crippen LogP contribution is -2.43. The molecule has 0 radical (unpaired) electrons. The largest absolute Gasteiger partial charge is 0.417 e. The molecule has 0 fully saturated rings. The third kappa shape index (κ3) is 7.19. The lowest BCUT2D eigenvalue weighted by molar-refractivity contribution is -0.149. The number of halogens is 13. The zero-order valence-corrected chi connectivity index (χ0v) is 19.7. The van der Waals surface area contributed by atoms with Crippen molar-refractivity contribution in [3.05, 3.63) is 73.7 Å². The monoisotopic (exact) mass is 589 g/mol.